The van der Waals surface area contributed by atoms with Gasteiger partial charge in [-0.05, 0) is 56.8 Å². The first kappa shape index (κ1) is 22.5. The molecule has 0 unspecified atom stereocenters. The standard InChI is InChI=1S/C21H30N4O4S/c1-17-6-7-19(30(27,28)23-16-18-5-3-14-29-18)15-20(17)21(26)22-8-4-9-25-12-10-24(2)11-13-25/h3,5-7,14-15,23H,4,8-13,16H2,1-2H3,(H,22,26). The molecule has 3 rings (SSSR count). The van der Waals surface area contributed by atoms with Crippen molar-refractivity contribution >= 4 is 15.9 Å². The summed E-state index contributed by atoms with van der Waals surface area (Å²) in [6.07, 6.45) is 2.35. The van der Waals surface area contributed by atoms with Crippen LogP contribution in [0.1, 0.15) is 28.1 Å². The number of aryl methyl sites for hydroxylation is 1. The van der Waals surface area contributed by atoms with Crippen molar-refractivity contribution in [2.24, 2.45) is 0 Å². The highest BCUT2D eigenvalue weighted by Crippen LogP contribution is 2.16. The summed E-state index contributed by atoms with van der Waals surface area (Å²) in [6, 6.07) is 7.97. The van der Waals surface area contributed by atoms with E-state index in [9.17, 15) is 13.2 Å². The Labute approximate surface area is 178 Å². The Morgan fingerprint density at radius 1 is 1.17 bits per heavy atom. The smallest absolute Gasteiger partial charge is 0.251 e. The predicted molar refractivity (Wildman–Crippen MR) is 115 cm³/mol. The molecule has 0 bridgehead atoms. The minimum Gasteiger partial charge on any atom is -0.468 e. The Balaban J connectivity index is 1.54. The number of carbonyl (C=O) groups is 1. The average Bonchev–Trinajstić information content (AvgIpc) is 3.25. The van der Waals surface area contributed by atoms with E-state index in [2.05, 4.69) is 26.9 Å². The summed E-state index contributed by atoms with van der Waals surface area (Å²) in [7, 11) is -1.63. The molecule has 0 saturated carbocycles. The zero-order valence-electron chi connectivity index (χ0n) is 17.6. The van der Waals surface area contributed by atoms with Gasteiger partial charge in [0.2, 0.25) is 10.0 Å². The number of amides is 1. The number of piperazine rings is 1. The van der Waals surface area contributed by atoms with E-state index in [0.29, 0.717) is 17.9 Å². The number of rotatable bonds is 9. The van der Waals surface area contributed by atoms with Gasteiger partial charge in [0.1, 0.15) is 5.76 Å². The van der Waals surface area contributed by atoms with Gasteiger partial charge >= 0.3 is 0 Å². The zero-order chi connectivity index (χ0) is 21.6. The van der Waals surface area contributed by atoms with Gasteiger partial charge in [-0.3, -0.25) is 4.79 Å². The third kappa shape index (κ3) is 6.15. The number of benzene rings is 1. The lowest BCUT2D eigenvalue weighted by Crippen LogP contribution is -2.45. The van der Waals surface area contributed by atoms with Crippen LogP contribution in [0, 0.1) is 6.92 Å². The third-order valence-electron chi connectivity index (χ3n) is 5.31. The maximum Gasteiger partial charge on any atom is 0.251 e. The molecule has 8 nitrogen and oxygen atoms in total. The quantitative estimate of drug-likeness (QED) is 0.580. The van der Waals surface area contributed by atoms with Gasteiger partial charge < -0.3 is 19.5 Å². The Morgan fingerprint density at radius 2 is 1.93 bits per heavy atom. The second-order valence-corrected chi connectivity index (χ2v) is 9.40. The number of hydrogen-bond donors (Lipinski definition) is 2. The number of carbonyl (C=O) groups excluding carboxylic acids is 1. The summed E-state index contributed by atoms with van der Waals surface area (Å²) in [6.45, 7) is 7.59. The highest BCUT2D eigenvalue weighted by Gasteiger charge is 2.18. The van der Waals surface area contributed by atoms with Crippen LogP contribution in [0.4, 0.5) is 0 Å². The fourth-order valence-electron chi connectivity index (χ4n) is 3.35. The van der Waals surface area contributed by atoms with Gasteiger partial charge in [-0.25, -0.2) is 13.1 Å². The molecule has 1 saturated heterocycles. The molecule has 0 spiro atoms. The van der Waals surface area contributed by atoms with E-state index in [1.54, 1.807) is 25.1 Å². The van der Waals surface area contributed by atoms with Crippen LogP contribution in [0.2, 0.25) is 0 Å². The Morgan fingerprint density at radius 3 is 2.63 bits per heavy atom. The molecule has 2 aromatic rings. The van der Waals surface area contributed by atoms with Gasteiger partial charge in [0, 0.05) is 38.3 Å². The van der Waals surface area contributed by atoms with E-state index in [1.165, 1.54) is 18.4 Å². The van der Waals surface area contributed by atoms with Crippen molar-refractivity contribution in [1.82, 2.24) is 19.8 Å². The highest BCUT2D eigenvalue weighted by atomic mass is 32.2. The molecule has 30 heavy (non-hydrogen) atoms. The Hall–Kier alpha value is -2.20. The van der Waals surface area contributed by atoms with E-state index in [-0.39, 0.29) is 17.3 Å². The number of nitrogens with one attached hydrogen (secondary N) is 2. The summed E-state index contributed by atoms with van der Waals surface area (Å²) >= 11 is 0. The molecule has 164 valence electrons. The summed E-state index contributed by atoms with van der Waals surface area (Å²) in [5.41, 5.74) is 1.10. The van der Waals surface area contributed by atoms with Crippen molar-refractivity contribution in [1.29, 1.82) is 0 Å². The van der Waals surface area contributed by atoms with Crippen LogP contribution in [-0.4, -0.2) is 70.4 Å². The maximum atomic E-state index is 12.6. The number of furan rings is 1. The second kappa shape index (κ2) is 10.2. The normalized spacial score (nSPS) is 15.9. The lowest BCUT2D eigenvalue weighted by atomic mass is 10.1. The number of likely N-dealkylation sites (N-methyl/N-ethyl adjacent to an activating group) is 1. The summed E-state index contributed by atoms with van der Waals surface area (Å²) in [4.78, 5) is 17.4. The summed E-state index contributed by atoms with van der Waals surface area (Å²) in [5, 5.41) is 2.91. The van der Waals surface area contributed by atoms with Crippen molar-refractivity contribution in [3.05, 3.63) is 53.5 Å². The van der Waals surface area contributed by atoms with Gasteiger partial charge in [0.05, 0.1) is 17.7 Å². The first-order valence-electron chi connectivity index (χ1n) is 10.2. The number of nitrogens with zero attached hydrogens (tertiary/aromatic N) is 2. The zero-order valence-corrected chi connectivity index (χ0v) is 18.4. The fraction of sp³-hybridized carbons (Fsp3) is 0.476. The molecule has 1 aliphatic heterocycles. The lowest BCUT2D eigenvalue weighted by molar-refractivity contribution is 0.0948. The van der Waals surface area contributed by atoms with Gasteiger partial charge in [0.15, 0.2) is 0 Å². The maximum absolute atomic E-state index is 12.6. The van der Waals surface area contributed by atoms with Gasteiger partial charge in [-0.15, -0.1) is 0 Å². The monoisotopic (exact) mass is 434 g/mol. The Kier molecular flexibility index (Phi) is 7.65. The first-order valence-corrected chi connectivity index (χ1v) is 11.7. The van der Waals surface area contributed by atoms with E-state index >= 15 is 0 Å². The molecule has 0 aliphatic carbocycles. The first-order chi connectivity index (χ1) is 14.3. The summed E-state index contributed by atoms with van der Waals surface area (Å²) in [5.74, 6) is 0.262. The minimum absolute atomic E-state index is 0.0526. The molecule has 2 N–H and O–H groups in total. The molecular weight excluding hydrogens is 404 g/mol. The van der Waals surface area contributed by atoms with Crippen LogP contribution in [0.3, 0.4) is 0 Å². The van der Waals surface area contributed by atoms with Crippen LogP contribution in [0.25, 0.3) is 0 Å². The van der Waals surface area contributed by atoms with Crippen LogP contribution >= 0.6 is 0 Å². The molecule has 9 heteroatoms. The number of hydrogen-bond acceptors (Lipinski definition) is 6. The van der Waals surface area contributed by atoms with Crippen molar-refractivity contribution in [3.8, 4) is 0 Å². The van der Waals surface area contributed by atoms with E-state index in [4.69, 9.17) is 4.42 Å². The van der Waals surface area contributed by atoms with Crippen LogP contribution < -0.4 is 10.0 Å². The fourth-order valence-corrected chi connectivity index (χ4v) is 4.37. The van der Waals surface area contributed by atoms with Crippen LogP contribution in [0.15, 0.2) is 45.9 Å². The number of sulfonamides is 1. The molecule has 1 aromatic heterocycles. The SMILES string of the molecule is Cc1ccc(S(=O)(=O)NCc2ccco2)cc1C(=O)NCCCN1CCN(C)CC1. The molecule has 2 heterocycles. The lowest BCUT2D eigenvalue weighted by Gasteiger charge is -2.32. The molecule has 1 aliphatic rings. The van der Waals surface area contributed by atoms with E-state index in [0.717, 1.165) is 44.7 Å². The Bertz CT molecular complexity index is 936. The molecule has 1 aromatic carbocycles. The predicted octanol–water partition coefficient (Wildman–Crippen LogP) is 1.43. The van der Waals surface area contributed by atoms with Gasteiger partial charge in [0.25, 0.3) is 5.91 Å². The van der Waals surface area contributed by atoms with E-state index in [1.807, 2.05) is 0 Å². The van der Waals surface area contributed by atoms with Crippen molar-refractivity contribution < 1.29 is 17.6 Å². The third-order valence-corrected chi connectivity index (χ3v) is 6.71. The second-order valence-electron chi connectivity index (χ2n) is 7.64. The van der Waals surface area contributed by atoms with Gasteiger partial charge in [-0.2, -0.15) is 0 Å². The molecular formula is C21H30N4O4S. The largest absolute Gasteiger partial charge is 0.468 e. The van der Waals surface area contributed by atoms with Crippen molar-refractivity contribution in [2.45, 2.75) is 24.8 Å². The molecule has 0 radical (unpaired) electrons. The van der Waals surface area contributed by atoms with Gasteiger partial charge in [-0.1, -0.05) is 6.07 Å². The van der Waals surface area contributed by atoms with Crippen molar-refractivity contribution in [2.75, 3.05) is 46.3 Å². The highest BCUT2D eigenvalue weighted by molar-refractivity contribution is 7.89. The topological polar surface area (TPSA) is 94.9 Å². The molecule has 0 atom stereocenters. The molecule has 1 amide bonds. The molecule has 1 fully saturated rings. The van der Waals surface area contributed by atoms with Crippen LogP contribution in [0.5, 0.6) is 0 Å². The van der Waals surface area contributed by atoms with E-state index < -0.39 is 10.0 Å². The minimum atomic E-state index is -3.75. The van der Waals surface area contributed by atoms with Crippen molar-refractivity contribution in [3.63, 3.8) is 0 Å². The average molecular weight is 435 g/mol. The summed E-state index contributed by atoms with van der Waals surface area (Å²) < 4.78 is 32.8. The van der Waals surface area contributed by atoms with Crippen LogP contribution in [-0.2, 0) is 16.6 Å².